The van der Waals surface area contributed by atoms with E-state index in [4.69, 9.17) is 9.47 Å². The van der Waals surface area contributed by atoms with E-state index in [0.29, 0.717) is 25.2 Å². The minimum atomic E-state index is 0.347. The van der Waals surface area contributed by atoms with Crippen molar-refractivity contribution in [3.8, 4) is 11.5 Å². The molecule has 0 fully saturated rings. The molecule has 19 heavy (non-hydrogen) atoms. The number of hydrogen-bond acceptors (Lipinski definition) is 3. The second kappa shape index (κ2) is 8.05. The molecular formula is C16H27NO2. The van der Waals surface area contributed by atoms with E-state index in [1.165, 1.54) is 5.56 Å². The predicted octanol–water partition coefficient (Wildman–Crippen LogP) is 3.79. The standard InChI is InChI=1S/C16H27NO2/c1-6-12(4)16(17-5)13-9-10-14(18-7-2)15(11-13)19-8-3/h9-12,16-17H,6-8H2,1-5H3. The first-order chi connectivity index (χ1) is 9.17. The van der Waals surface area contributed by atoms with Crippen molar-refractivity contribution in [1.82, 2.24) is 5.32 Å². The summed E-state index contributed by atoms with van der Waals surface area (Å²) >= 11 is 0. The molecule has 0 radical (unpaired) electrons. The second-order valence-electron chi connectivity index (χ2n) is 4.72. The van der Waals surface area contributed by atoms with Crippen molar-refractivity contribution in [2.24, 2.45) is 5.92 Å². The van der Waals surface area contributed by atoms with Crippen LogP contribution in [0.4, 0.5) is 0 Å². The molecule has 1 rings (SSSR count). The highest BCUT2D eigenvalue weighted by atomic mass is 16.5. The molecule has 0 saturated heterocycles. The molecule has 3 nitrogen and oxygen atoms in total. The fourth-order valence-corrected chi connectivity index (χ4v) is 2.28. The zero-order chi connectivity index (χ0) is 14.3. The lowest BCUT2D eigenvalue weighted by Gasteiger charge is -2.24. The first kappa shape index (κ1) is 15.8. The van der Waals surface area contributed by atoms with Crippen molar-refractivity contribution in [2.75, 3.05) is 20.3 Å². The summed E-state index contributed by atoms with van der Waals surface area (Å²) in [6, 6.07) is 6.58. The van der Waals surface area contributed by atoms with Crippen molar-refractivity contribution in [1.29, 1.82) is 0 Å². The van der Waals surface area contributed by atoms with Crippen LogP contribution in [0.5, 0.6) is 11.5 Å². The third kappa shape index (κ3) is 4.13. The van der Waals surface area contributed by atoms with Gasteiger partial charge in [0.1, 0.15) is 0 Å². The Bertz CT molecular complexity index is 379. The molecular weight excluding hydrogens is 238 g/mol. The molecule has 0 saturated carbocycles. The van der Waals surface area contributed by atoms with Gasteiger partial charge < -0.3 is 14.8 Å². The number of nitrogens with one attached hydrogen (secondary N) is 1. The van der Waals surface area contributed by atoms with E-state index in [1.807, 2.05) is 27.0 Å². The molecule has 0 heterocycles. The zero-order valence-corrected chi connectivity index (χ0v) is 12.8. The normalized spacial score (nSPS) is 13.9. The summed E-state index contributed by atoms with van der Waals surface area (Å²) in [5, 5.41) is 3.39. The lowest BCUT2D eigenvalue weighted by molar-refractivity contribution is 0.286. The minimum Gasteiger partial charge on any atom is -0.490 e. The number of benzene rings is 1. The smallest absolute Gasteiger partial charge is 0.161 e. The highest BCUT2D eigenvalue weighted by molar-refractivity contribution is 5.44. The van der Waals surface area contributed by atoms with Gasteiger partial charge >= 0.3 is 0 Å². The summed E-state index contributed by atoms with van der Waals surface area (Å²) in [5.41, 5.74) is 1.25. The SMILES string of the molecule is CCOc1ccc(C(NC)C(C)CC)cc1OCC. The second-order valence-corrected chi connectivity index (χ2v) is 4.72. The lowest BCUT2D eigenvalue weighted by atomic mass is 9.92. The molecule has 3 heteroatoms. The molecule has 1 aromatic carbocycles. The van der Waals surface area contributed by atoms with Crippen LogP contribution < -0.4 is 14.8 Å². The molecule has 1 aromatic rings. The van der Waals surface area contributed by atoms with Crippen LogP contribution in [-0.4, -0.2) is 20.3 Å². The molecule has 0 aromatic heterocycles. The Labute approximate surface area is 117 Å². The largest absolute Gasteiger partial charge is 0.490 e. The van der Waals surface area contributed by atoms with Crippen molar-refractivity contribution in [3.63, 3.8) is 0 Å². The Hall–Kier alpha value is -1.22. The quantitative estimate of drug-likeness (QED) is 0.775. The molecule has 0 amide bonds. The monoisotopic (exact) mass is 265 g/mol. The van der Waals surface area contributed by atoms with Crippen molar-refractivity contribution >= 4 is 0 Å². The van der Waals surface area contributed by atoms with Gasteiger partial charge in [-0.25, -0.2) is 0 Å². The van der Waals surface area contributed by atoms with Gasteiger partial charge in [0, 0.05) is 6.04 Å². The van der Waals surface area contributed by atoms with Crippen molar-refractivity contribution < 1.29 is 9.47 Å². The number of rotatable bonds is 8. The summed E-state index contributed by atoms with van der Waals surface area (Å²) < 4.78 is 11.3. The molecule has 1 N–H and O–H groups in total. The van der Waals surface area contributed by atoms with Crippen LogP contribution in [0, 0.1) is 5.92 Å². The number of hydrogen-bond donors (Lipinski definition) is 1. The fourth-order valence-electron chi connectivity index (χ4n) is 2.28. The topological polar surface area (TPSA) is 30.5 Å². The van der Waals surface area contributed by atoms with Gasteiger partial charge in [-0.05, 0) is 44.5 Å². The number of ether oxygens (including phenoxy) is 2. The van der Waals surface area contributed by atoms with Crippen LogP contribution in [0.2, 0.25) is 0 Å². The maximum atomic E-state index is 5.69. The molecule has 2 atom stereocenters. The Morgan fingerprint density at radius 3 is 2.21 bits per heavy atom. The van der Waals surface area contributed by atoms with Gasteiger partial charge in [-0.2, -0.15) is 0 Å². The van der Waals surface area contributed by atoms with Gasteiger partial charge in [-0.3, -0.25) is 0 Å². The molecule has 0 aliphatic carbocycles. The minimum absolute atomic E-state index is 0.347. The highest BCUT2D eigenvalue weighted by Gasteiger charge is 2.18. The van der Waals surface area contributed by atoms with E-state index in [0.717, 1.165) is 17.9 Å². The molecule has 2 unspecified atom stereocenters. The molecule has 108 valence electrons. The van der Waals surface area contributed by atoms with Gasteiger partial charge in [-0.1, -0.05) is 26.3 Å². The van der Waals surface area contributed by atoms with Crippen LogP contribution >= 0.6 is 0 Å². The Morgan fingerprint density at radius 1 is 1.05 bits per heavy atom. The van der Waals surface area contributed by atoms with E-state index in [2.05, 4.69) is 31.3 Å². The first-order valence-corrected chi connectivity index (χ1v) is 7.24. The molecule has 0 spiro atoms. The Kier molecular flexibility index (Phi) is 6.71. The summed E-state index contributed by atoms with van der Waals surface area (Å²) in [5.74, 6) is 2.25. The summed E-state index contributed by atoms with van der Waals surface area (Å²) in [4.78, 5) is 0. The Balaban J connectivity index is 3.04. The van der Waals surface area contributed by atoms with Crippen LogP contribution in [0.1, 0.15) is 45.7 Å². The molecule has 0 bridgehead atoms. The third-order valence-corrected chi connectivity index (χ3v) is 3.45. The third-order valence-electron chi connectivity index (χ3n) is 3.45. The average Bonchev–Trinajstić information content (AvgIpc) is 2.42. The van der Waals surface area contributed by atoms with Crippen molar-refractivity contribution in [2.45, 2.75) is 40.2 Å². The van der Waals surface area contributed by atoms with Crippen molar-refractivity contribution in [3.05, 3.63) is 23.8 Å². The van der Waals surface area contributed by atoms with E-state index < -0.39 is 0 Å². The van der Waals surface area contributed by atoms with Gasteiger partial charge in [0.15, 0.2) is 11.5 Å². The lowest BCUT2D eigenvalue weighted by Crippen LogP contribution is -2.23. The van der Waals surface area contributed by atoms with Gasteiger partial charge in [0.25, 0.3) is 0 Å². The molecule has 0 aliphatic heterocycles. The van der Waals surface area contributed by atoms with Crippen LogP contribution in [0.25, 0.3) is 0 Å². The van der Waals surface area contributed by atoms with Crippen LogP contribution in [0.15, 0.2) is 18.2 Å². The predicted molar refractivity (Wildman–Crippen MR) is 80.0 cm³/mol. The molecule has 0 aliphatic rings. The van der Waals surface area contributed by atoms with Gasteiger partial charge in [0.2, 0.25) is 0 Å². The van der Waals surface area contributed by atoms with Gasteiger partial charge in [0.05, 0.1) is 13.2 Å². The fraction of sp³-hybridized carbons (Fsp3) is 0.625. The van der Waals surface area contributed by atoms with E-state index in [1.54, 1.807) is 0 Å². The van der Waals surface area contributed by atoms with E-state index in [-0.39, 0.29) is 0 Å². The van der Waals surface area contributed by atoms with Crippen LogP contribution in [-0.2, 0) is 0 Å². The average molecular weight is 265 g/mol. The maximum absolute atomic E-state index is 5.69. The summed E-state index contributed by atoms with van der Waals surface area (Å²) in [6.07, 6.45) is 1.14. The van der Waals surface area contributed by atoms with Gasteiger partial charge in [-0.15, -0.1) is 0 Å². The van der Waals surface area contributed by atoms with Crippen LogP contribution in [0.3, 0.4) is 0 Å². The van der Waals surface area contributed by atoms with E-state index in [9.17, 15) is 0 Å². The highest BCUT2D eigenvalue weighted by Crippen LogP contribution is 2.33. The maximum Gasteiger partial charge on any atom is 0.161 e. The van der Waals surface area contributed by atoms with E-state index >= 15 is 0 Å². The first-order valence-electron chi connectivity index (χ1n) is 7.24. The Morgan fingerprint density at radius 2 is 1.68 bits per heavy atom. The summed E-state index contributed by atoms with van der Waals surface area (Å²) in [6.45, 7) is 9.76. The summed E-state index contributed by atoms with van der Waals surface area (Å²) in [7, 11) is 2.01. The zero-order valence-electron chi connectivity index (χ0n) is 12.8.